The highest BCUT2D eigenvalue weighted by molar-refractivity contribution is 5.83. The van der Waals surface area contributed by atoms with Gasteiger partial charge in [-0.05, 0) is 43.7 Å². The van der Waals surface area contributed by atoms with Crippen molar-refractivity contribution in [2.45, 2.75) is 25.9 Å². The summed E-state index contributed by atoms with van der Waals surface area (Å²) in [5, 5.41) is 3.10. The minimum Gasteiger partial charge on any atom is -0.348 e. The highest BCUT2D eigenvalue weighted by atomic mass is 16.2. The molecule has 2 atom stereocenters. The van der Waals surface area contributed by atoms with Crippen molar-refractivity contribution in [1.29, 1.82) is 0 Å². The molecule has 0 spiro atoms. The first-order chi connectivity index (χ1) is 13.1. The summed E-state index contributed by atoms with van der Waals surface area (Å²) in [5.74, 6) is -0.0376. The lowest BCUT2D eigenvalue weighted by molar-refractivity contribution is -0.124. The fourth-order valence-electron chi connectivity index (χ4n) is 3.18. The van der Waals surface area contributed by atoms with Crippen molar-refractivity contribution in [3.63, 3.8) is 0 Å². The molecule has 4 aromatic rings. The molecule has 6 heteroatoms. The molecule has 0 aliphatic heterocycles. The number of hydrogen-bond acceptors (Lipinski definition) is 3. The van der Waals surface area contributed by atoms with Crippen LogP contribution < -0.4 is 5.32 Å². The largest absolute Gasteiger partial charge is 0.348 e. The number of carbonyl (C=O) groups is 1. The monoisotopic (exact) mass is 359 g/mol. The van der Waals surface area contributed by atoms with Gasteiger partial charge in [-0.15, -0.1) is 0 Å². The van der Waals surface area contributed by atoms with E-state index in [4.69, 9.17) is 0 Å². The second-order valence-corrected chi connectivity index (χ2v) is 6.61. The predicted molar refractivity (Wildman–Crippen MR) is 105 cm³/mol. The van der Waals surface area contributed by atoms with Gasteiger partial charge in [-0.2, -0.15) is 0 Å². The molecule has 0 aliphatic carbocycles. The Balaban J connectivity index is 1.47. The van der Waals surface area contributed by atoms with E-state index in [1.54, 1.807) is 18.9 Å². The Kier molecular flexibility index (Phi) is 4.46. The summed E-state index contributed by atoms with van der Waals surface area (Å²) in [6, 6.07) is 15.5. The topological polar surface area (TPSA) is 64.7 Å². The van der Waals surface area contributed by atoms with Gasteiger partial charge in [-0.25, -0.2) is 9.97 Å². The van der Waals surface area contributed by atoms with Crippen LogP contribution in [0, 0.1) is 0 Å². The Bertz CT molecular complexity index is 1050. The van der Waals surface area contributed by atoms with E-state index < -0.39 is 0 Å². The molecule has 2 aromatic carbocycles. The van der Waals surface area contributed by atoms with E-state index in [1.165, 1.54) is 0 Å². The average Bonchev–Trinajstić information content (AvgIpc) is 3.37. The summed E-state index contributed by atoms with van der Waals surface area (Å²) in [6.45, 7) is 3.88. The maximum atomic E-state index is 12.8. The van der Waals surface area contributed by atoms with Crippen LogP contribution in [0.4, 0.5) is 0 Å². The Labute approximate surface area is 157 Å². The molecular weight excluding hydrogens is 338 g/mol. The Morgan fingerprint density at radius 3 is 2.56 bits per heavy atom. The number of aromatic nitrogens is 4. The van der Waals surface area contributed by atoms with Crippen LogP contribution in [0.15, 0.2) is 73.6 Å². The number of para-hydroxylation sites is 2. The van der Waals surface area contributed by atoms with Crippen molar-refractivity contribution in [2.75, 3.05) is 0 Å². The van der Waals surface area contributed by atoms with Crippen molar-refractivity contribution < 1.29 is 4.79 Å². The van der Waals surface area contributed by atoms with Gasteiger partial charge in [0.05, 0.1) is 29.7 Å². The molecule has 6 nitrogen and oxygen atoms in total. The second kappa shape index (κ2) is 7.07. The lowest BCUT2D eigenvalue weighted by atomic mass is 10.1. The third-order valence-corrected chi connectivity index (χ3v) is 4.83. The number of carbonyl (C=O) groups excluding carboxylic acids is 1. The molecule has 1 N–H and O–H groups in total. The molecule has 0 unspecified atom stereocenters. The summed E-state index contributed by atoms with van der Waals surface area (Å²) < 4.78 is 3.85. The quantitative estimate of drug-likeness (QED) is 0.591. The molecule has 0 bridgehead atoms. The molecular formula is C21H21N5O. The molecule has 0 saturated carbocycles. The van der Waals surface area contributed by atoms with Gasteiger partial charge < -0.3 is 14.5 Å². The van der Waals surface area contributed by atoms with Gasteiger partial charge in [-0.1, -0.05) is 24.3 Å². The number of nitrogens with one attached hydrogen (secondary N) is 1. The number of nitrogens with zero attached hydrogens (tertiary/aromatic N) is 4. The summed E-state index contributed by atoms with van der Waals surface area (Å²) >= 11 is 0. The van der Waals surface area contributed by atoms with E-state index >= 15 is 0 Å². The van der Waals surface area contributed by atoms with Gasteiger partial charge in [0.1, 0.15) is 6.04 Å². The van der Waals surface area contributed by atoms with Crippen LogP contribution in [0.5, 0.6) is 0 Å². The third-order valence-electron chi connectivity index (χ3n) is 4.83. The molecule has 0 aliphatic rings. The standard InChI is InChI=1S/C21H21N5O/c1-15(17-7-9-18(10-8-17)25-12-11-22-13-25)24-21(27)16(2)26-14-23-19-5-3-4-6-20(19)26/h3-16H,1-2H3,(H,24,27)/t15-,16-/m0/s1. The van der Waals surface area contributed by atoms with E-state index in [0.717, 1.165) is 22.3 Å². The molecule has 0 radical (unpaired) electrons. The minimum absolute atomic E-state index is 0.0376. The van der Waals surface area contributed by atoms with Crippen molar-refractivity contribution in [2.24, 2.45) is 0 Å². The van der Waals surface area contributed by atoms with Crippen LogP contribution >= 0.6 is 0 Å². The van der Waals surface area contributed by atoms with Crippen LogP contribution in [0.1, 0.15) is 31.5 Å². The summed E-state index contributed by atoms with van der Waals surface area (Å²) in [7, 11) is 0. The van der Waals surface area contributed by atoms with Crippen LogP contribution in [0.25, 0.3) is 16.7 Å². The molecule has 0 fully saturated rings. The Morgan fingerprint density at radius 1 is 1.04 bits per heavy atom. The normalized spacial score (nSPS) is 13.4. The van der Waals surface area contributed by atoms with E-state index in [1.807, 2.05) is 77.7 Å². The summed E-state index contributed by atoms with van der Waals surface area (Å²) in [6.07, 6.45) is 7.13. The number of fused-ring (bicyclic) bond motifs is 1. The fourth-order valence-corrected chi connectivity index (χ4v) is 3.18. The Hall–Kier alpha value is -3.41. The minimum atomic E-state index is -0.343. The Morgan fingerprint density at radius 2 is 1.81 bits per heavy atom. The molecule has 2 heterocycles. The van der Waals surface area contributed by atoms with Gasteiger partial charge >= 0.3 is 0 Å². The molecule has 2 aromatic heterocycles. The lowest BCUT2D eigenvalue weighted by Gasteiger charge is -2.19. The molecule has 0 saturated heterocycles. The average molecular weight is 359 g/mol. The van der Waals surface area contributed by atoms with Crippen molar-refractivity contribution in [3.05, 3.63) is 79.1 Å². The van der Waals surface area contributed by atoms with E-state index in [9.17, 15) is 4.79 Å². The van der Waals surface area contributed by atoms with E-state index in [0.29, 0.717) is 0 Å². The van der Waals surface area contributed by atoms with Gasteiger partial charge in [0.25, 0.3) is 0 Å². The molecule has 4 rings (SSSR count). The number of amides is 1. The molecule has 136 valence electrons. The highest BCUT2D eigenvalue weighted by Gasteiger charge is 2.19. The first kappa shape index (κ1) is 17.0. The fraction of sp³-hybridized carbons (Fsp3) is 0.190. The van der Waals surface area contributed by atoms with Crippen molar-refractivity contribution >= 4 is 16.9 Å². The number of imidazole rings is 2. The smallest absolute Gasteiger partial charge is 0.243 e. The van der Waals surface area contributed by atoms with Crippen LogP contribution in [0.2, 0.25) is 0 Å². The zero-order valence-electron chi connectivity index (χ0n) is 15.3. The predicted octanol–water partition coefficient (Wildman–Crippen LogP) is 3.66. The highest BCUT2D eigenvalue weighted by Crippen LogP contribution is 2.20. The van der Waals surface area contributed by atoms with Crippen LogP contribution in [-0.2, 0) is 4.79 Å². The zero-order chi connectivity index (χ0) is 18.8. The molecule has 27 heavy (non-hydrogen) atoms. The molecule has 1 amide bonds. The van der Waals surface area contributed by atoms with Gasteiger partial charge in [0, 0.05) is 18.1 Å². The third kappa shape index (κ3) is 3.33. The van der Waals surface area contributed by atoms with Crippen molar-refractivity contribution in [3.8, 4) is 5.69 Å². The maximum absolute atomic E-state index is 12.8. The van der Waals surface area contributed by atoms with Gasteiger partial charge in [0.2, 0.25) is 5.91 Å². The van der Waals surface area contributed by atoms with Gasteiger partial charge in [-0.3, -0.25) is 4.79 Å². The SMILES string of the molecule is C[C@H](NC(=O)[C@H](C)n1cnc2ccccc21)c1ccc(-n2ccnc2)cc1. The first-order valence-corrected chi connectivity index (χ1v) is 8.94. The summed E-state index contributed by atoms with van der Waals surface area (Å²) in [4.78, 5) is 21.2. The zero-order valence-corrected chi connectivity index (χ0v) is 15.3. The maximum Gasteiger partial charge on any atom is 0.243 e. The van der Waals surface area contributed by atoms with Crippen molar-refractivity contribution in [1.82, 2.24) is 24.4 Å². The second-order valence-electron chi connectivity index (χ2n) is 6.61. The lowest BCUT2D eigenvalue weighted by Crippen LogP contribution is -2.32. The van der Waals surface area contributed by atoms with Crippen LogP contribution in [0.3, 0.4) is 0 Å². The van der Waals surface area contributed by atoms with Crippen LogP contribution in [-0.4, -0.2) is 25.0 Å². The number of rotatable bonds is 5. The van der Waals surface area contributed by atoms with E-state index in [2.05, 4.69) is 15.3 Å². The number of hydrogen-bond donors (Lipinski definition) is 1. The number of benzene rings is 2. The van der Waals surface area contributed by atoms with Gasteiger partial charge in [0.15, 0.2) is 0 Å². The van der Waals surface area contributed by atoms with E-state index in [-0.39, 0.29) is 18.0 Å². The summed E-state index contributed by atoms with van der Waals surface area (Å²) in [5.41, 5.74) is 3.93. The first-order valence-electron chi connectivity index (χ1n) is 8.94.